The van der Waals surface area contributed by atoms with Crippen LogP contribution in [0.3, 0.4) is 0 Å². The number of esters is 1. The van der Waals surface area contributed by atoms with Crippen LogP contribution in [0.1, 0.15) is 17.3 Å². The fourth-order valence-electron chi connectivity index (χ4n) is 1.91. The lowest BCUT2D eigenvalue weighted by molar-refractivity contribution is 0.0526. The molecule has 0 amide bonds. The third-order valence-corrected chi connectivity index (χ3v) is 4.47. The van der Waals surface area contributed by atoms with Crippen molar-refractivity contribution in [1.82, 2.24) is 0 Å². The van der Waals surface area contributed by atoms with Gasteiger partial charge in [-0.1, -0.05) is 16.8 Å². The highest BCUT2D eigenvalue weighted by molar-refractivity contribution is 8.25. The first kappa shape index (κ1) is 17.1. The number of anilines is 1. The highest BCUT2D eigenvalue weighted by atomic mass is 32.3. The van der Waals surface area contributed by atoms with Crippen LogP contribution in [-0.4, -0.2) is 28.8 Å². The Hall–Kier alpha value is -2.22. The number of ether oxygens (including phenoxy) is 2. The van der Waals surface area contributed by atoms with Crippen molar-refractivity contribution in [2.45, 2.75) is 11.8 Å². The second kappa shape index (κ2) is 7.36. The first-order valence-electron chi connectivity index (χ1n) is 6.93. The number of carbonyl (C=O) groups excluding carboxylic acids is 1. The normalized spacial score (nSPS) is 11.7. The topological polar surface area (TPSA) is 88.0 Å². The Balaban J connectivity index is 2.19. The molecule has 0 aliphatic carbocycles. The van der Waals surface area contributed by atoms with Gasteiger partial charge in [0.05, 0.1) is 29.9 Å². The number of benzene rings is 2. The Morgan fingerprint density at radius 2 is 1.87 bits per heavy atom. The second-order valence-electron chi connectivity index (χ2n) is 4.63. The van der Waals surface area contributed by atoms with Crippen LogP contribution in [0.2, 0.25) is 0 Å². The van der Waals surface area contributed by atoms with Gasteiger partial charge in [0.25, 0.3) is 0 Å². The van der Waals surface area contributed by atoms with E-state index in [0.717, 1.165) is 0 Å². The molecule has 0 aliphatic heterocycles. The van der Waals surface area contributed by atoms with Crippen molar-refractivity contribution in [3.8, 4) is 5.75 Å². The predicted octanol–water partition coefficient (Wildman–Crippen LogP) is 4.01. The second-order valence-corrected chi connectivity index (χ2v) is 6.40. The molecule has 6 nitrogen and oxygen atoms in total. The van der Waals surface area contributed by atoms with Gasteiger partial charge in [0.15, 0.2) is 0 Å². The monoisotopic (exact) mass is 337 g/mol. The molecule has 2 aromatic rings. The third kappa shape index (κ3) is 4.38. The van der Waals surface area contributed by atoms with Crippen LogP contribution in [0, 0.1) is 0 Å². The molecular formula is C16H19NO5S. The van der Waals surface area contributed by atoms with E-state index in [0.29, 0.717) is 21.9 Å². The SMILES string of the molecule is CCOC(=O)c1cccc(NS(O)(O)c2ccc(OC)cc2)c1. The van der Waals surface area contributed by atoms with Gasteiger partial charge in [0, 0.05) is 0 Å². The lowest BCUT2D eigenvalue weighted by Crippen LogP contribution is -2.11. The summed E-state index contributed by atoms with van der Waals surface area (Å²) in [5.74, 6) is 0.158. The summed E-state index contributed by atoms with van der Waals surface area (Å²) < 4.78 is 33.2. The Bertz CT molecular complexity index is 672. The van der Waals surface area contributed by atoms with Crippen LogP contribution in [0.5, 0.6) is 5.75 Å². The van der Waals surface area contributed by atoms with E-state index in [1.54, 1.807) is 49.4 Å². The first-order valence-corrected chi connectivity index (χ1v) is 8.48. The highest BCUT2D eigenvalue weighted by Crippen LogP contribution is 2.48. The maximum Gasteiger partial charge on any atom is 0.338 e. The average molecular weight is 337 g/mol. The molecule has 0 fully saturated rings. The minimum Gasteiger partial charge on any atom is -0.497 e. The van der Waals surface area contributed by atoms with Gasteiger partial charge in [0.1, 0.15) is 5.75 Å². The summed E-state index contributed by atoms with van der Waals surface area (Å²) in [4.78, 5) is 12.0. The van der Waals surface area contributed by atoms with Crippen molar-refractivity contribution >= 4 is 22.4 Å². The van der Waals surface area contributed by atoms with Gasteiger partial charge in [-0.15, -0.1) is 0 Å². The largest absolute Gasteiger partial charge is 0.497 e. The molecule has 3 N–H and O–H groups in total. The minimum atomic E-state index is -3.25. The molecule has 0 aliphatic rings. The van der Waals surface area contributed by atoms with Crippen molar-refractivity contribution in [3.63, 3.8) is 0 Å². The van der Waals surface area contributed by atoms with Crippen molar-refractivity contribution in [2.75, 3.05) is 18.4 Å². The molecular weight excluding hydrogens is 318 g/mol. The number of carbonyl (C=O) groups is 1. The number of methoxy groups -OCH3 is 1. The van der Waals surface area contributed by atoms with E-state index in [2.05, 4.69) is 4.72 Å². The summed E-state index contributed by atoms with van der Waals surface area (Å²) in [5, 5.41) is 0. The lowest BCUT2D eigenvalue weighted by atomic mass is 10.2. The highest BCUT2D eigenvalue weighted by Gasteiger charge is 2.16. The fourth-order valence-corrected chi connectivity index (χ4v) is 3.00. The molecule has 0 heterocycles. The van der Waals surface area contributed by atoms with Crippen molar-refractivity contribution < 1.29 is 23.4 Å². The van der Waals surface area contributed by atoms with Crippen molar-refractivity contribution in [3.05, 3.63) is 54.1 Å². The quantitative estimate of drug-likeness (QED) is 0.690. The summed E-state index contributed by atoms with van der Waals surface area (Å²) in [6.45, 7) is 2.00. The lowest BCUT2D eigenvalue weighted by Gasteiger charge is -2.33. The first-order chi connectivity index (χ1) is 11.0. The van der Waals surface area contributed by atoms with E-state index in [-0.39, 0.29) is 6.61 Å². The van der Waals surface area contributed by atoms with Crippen LogP contribution in [-0.2, 0) is 4.74 Å². The molecule has 2 aromatic carbocycles. The molecule has 23 heavy (non-hydrogen) atoms. The van der Waals surface area contributed by atoms with E-state index in [1.807, 2.05) is 0 Å². The summed E-state index contributed by atoms with van der Waals surface area (Å²) in [7, 11) is -1.72. The van der Waals surface area contributed by atoms with Crippen LogP contribution in [0.25, 0.3) is 0 Å². The molecule has 0 bridgehead atoms. The molecule has 0 unspecified atom stereocenters. The molecule has 0 radical (unpaired) electrons. The van der Waals surface area contributed by atoms with Crippen LogP contribution in [0.15, 0.2) is 53.4 Å². The van der Waals surface area contributed by atoms with Crippen LogP contribution >= 0.6 is 10.8 Å². The molecule has 0 spiro atoms. The van der Waals surface area contributed by atoms with Gasteiger partial charge in [-0.05, 0) is 49.4 Å². The summed E-state index contributed by atoms with van der Waals surface area (Å²) in [5.41, 5.74) is 0.744. The number of nitrogens with one attached hydrogen (secondary N) is 1. The fraction of sp³-hybridized carbons (Fsp3) is 0.188. The van der Waals surface area contributed by atoms with Crippen LogP contribution < -0.4 is 9.46 Å². The zero-order chi connectivity index (χ0) is 16.9. The predicted molar refractivity (Wildman–Crippen MR) is 90.1 cm³/mol. The Labute approximate surface area is 136 Å². The standard InChI is InChI=1S/C16H19NO5S/c1-3-22-16(18)12-5-4-6-13(11-12)17-23(19,20)15-9-7-14(21-2)8-10-15/h4-11,17,19-20H,3H2,1-2H3. The van der Waals surface area contributed by atoms with E-state index in [1.165, 1.54) is 13.2 Å². The molecule has 124 valence electrons. The minimum absolute atomic E-state index is 0.275. The number of hydrogen-bond acceptors (Lipinski definition) is 6. The van der Waals surface area contributed by atoms with Crippen LogP contribution in [0.4, 0.5) is 5.69 Å². The summed E-state index contributed by atoms with van der Waals surface area (Å²) >= 11 is 0. The Morgan fingerprint density at radius 1 is 1.17 bits per heavy atom. The Kier molecular flexibility index (Phi) is 5.49. The summed E-state index contributed by atoms with van der Waals surface area (Å²) in [6, 6.07) is 12.8. The zero-order valence-corrected chi connectivity index (χ0v) is 13.7. The molecule has 0 saturated carbocycles. The molecule has 0 saturated heterocycles. The van der Waals surface area contributed by atoms with Gasteiger partial charge in [-0.3, -0.25) is 13.8 Å². The Morgan fingerprint density at radius 3 is 2.48 bits per heavy atom. The van der Waals surface area contributed by atoms with Gasteiger partial charge in [0.2, 0.25) is 0 Å². The smallest absolute Gasteiger partial charge is 0.338 e. The van der Waals surface area contributed by atoms with E-state index >= 15 is 0 Å². The van der Waals surface area contributed by atoms with Crippen molar-refractivity contribution in [2.24, 2.45) is 0 Å². The molecule has 0 aromatic heterocycles. The van der Waals surface area contributed by atoms with E-state index in [4.69, 9.17) is 9.47 Å². The average Bonchev–Trinajstić information content (AvgIpc) is 2.55. The van der Waals surface area contributed by atoms with Gasteiger partial charge in [-0.2, -0.15) is 0 Å². The van der Waals surface area contributed by atoms with Crippen molar-refractivity contribution in [1.29, 1.82) is 0 Å². The van der Waals surface area contributed by atoms with Gasteiger partial charge < -0.3 is 9.47 Å². The zero-order valence-electron chi connectivity index (χ0n) is 12.9. The van der Waals surface area contributed by atoms with E-state index in [9.17, 15) is 13.9 Å². The third-order valence-electron chi connectivity index (χ3n) is 3.02. The molecule has 0 atom stereocenters. The maximum atomic E-state index is 11.7. The van der Waals surface area contributed by atoms with Gasteiger partial charge in [-0.25, -0.2) is 4.79 Å². The van der Waals surface area contributed by atoms with Gasteiger partial charge >= 0.3 is 5.97 Å². The molecule has 2 rings (SSSR count). The number of rotatable bonds is 6. The maximum absolute atomic E-state index is 11.7. The van der Waals surface area contributed by atoms with E-state index < -0.39 is 16.7 Å². The molecule has 7 heteroatoms. The summed E-state index contributed by atoms with van der Waals surface area (Å²) in [6.07, 6.45) is 0. The number of hydrogen-bond donors (Lipinski definition) is 3.